The molecule has 2 aromatic rings. The topological polar surface area (TPSA) is 42.7 Å². The highest BCUT2D eigenvalue weighted by Crippen LogP contribution is 2.18. The summed E-state index contributed by atoms with van der Waals surface area (Å²) in [6.45, 7) is 0. The van der Waals surface area contributed by atoms with Gasteiger partial charge >= 0.3 is 0 Å². The zero-order chi connectivity index (χ0) is 13.0. The number of pyridine rings is 1. The Balaban J connectivity index is 2.01. The summed E-state index contributed by atoms with van der Waals surface area (Å²) < 4.78 is 2.04. The minimum Gasteiger partial charge on any atom is -0.338 e. The largest absolute Gasteiger partial charge is 0.338 e. The summed E-state index contributed by atoms with van der Waals surface area (Å²) in [5, 5.41) is 3.94. The maximum absolute atomic E-state index is 5.84. The number of hydrogen-bond donors (Lipinski definition) is 1. The standard InChI is InChI=1S/C13H17ClN4/c1-15-11(12-4-3-10(14)9-17-12)5-6-13-16-7-8-18(13)2/h3-4,7-9,11,15H,5-6H2,1-2H3. The monoisotopic (exact) mass is 264 g/mol. The van der Waals surface area contributed by atoms with Crippen LogP contribution in [-0.2, 0) is 13.5 Å². The smallest absolute Gasteiger partial charge is 0.108 e. The Kier molecular flexibility index (Phi) is 4.33. The predicted octanol–water partition coefficient (Wildman–Crippen LogP) is 2.36. The Morgan fingerprint density at radius 3 is 2.78 bits per heavy atom. The van der Waals surface area contributed by atoms with E-state index in [1.807, 2.05) is 43.2 Å². The van der Waals surface area contributed by atoms with Crippen LogP contribution in [0.5, 0.6) is 0 Å². The molecule has 4 nitrogen and oxygen atoms in total. The Bertz CT molecular complexity index is 492. The highest BCUT2D eigenvalue weighted by atomic mass is 35.5. The van der Waals surface area contributed by atoms with Gasteiger partial charge in [-0.3, -0.25) is 4.98 Å². The molecule has 2 heterocycles. The summed E-state index contributed by atoms with van der Waals surface area (Å²) in [6.07, 6.45) is 7.34. The molecule has 0 amide bonds. The van der Waals surface area contributed by atoms with E-state index in [4.69, 9.17) is 11.6 Å². The van der Waals surface area contributed by atoms with Gasteiger partial charge in [0.1, 0.15) is 5.82 Å². The summed E-state index contributed by atoms with van der Waals surface area (Å²) >= 11 is 5.84. The summed E-state index contributed by atoms with van der Waals surface area (Å²) in [5.74, 6) is 1.09. The van der Waals surface area contributed by atoms with Crippen molar-refractivity contribution in [2.75, 3.05) is 7.05 Å². The molecule has 0 aliphatic carbocycles. The number of rotatable bonds is 5. The molecule has 1 atom stereocenters. The molecular weight excluding hydrogens is 248 g/mol. The molecular formula is C13H17ClN4. The molecule has 0 saturated carbocycles. The molecule has 2 rings (SSSR count). The van der Waals surface area contributed by atoms with Crippen molar-refractivity contribution in [3.8, 4) is 0 Å². The zero-order valence-electron chi connectivity index (χ0n) is 10.6. The van der Waals surface area contributed by atoms with Gasteiger partial charge in [0.15, 0.2) is 0 Å². The van der Waals surface area contributed by atoms with E-state index >= 15 is 0 Å². The van der Waals surface area contributed by atoms with E-state index in [1.54, 1.807) is 6.20 Å². The minimum absolute atomic E-state index is 0.221. The number of nitrogens with one attached hydrogen (secondary N) is 1. The molecule has 0 aliphatic heterocycles. The van der Waals surface area contributed by atoms with E-state index in [9.17, 15) is 0 Å². The number of hydrogen-bond acceptors (Lipinski definition) is 3. The van der Waals surface area contributed by atoms with Gasteiger partial charge in [-0.25, -0.2) is 4.98 Å². The lowest BCUT2D eigenvalue weighted by molar-refractivity contribution is 0.524. The van der Waals surface area contributed by atoms with Crippen LogP contribution in [0.1, 0.15) is 24.0 Å². The van der Waals surface area contributed by atoms with Crippen LogP contribution < -0.4 is 5.32 Å². The highest BCUT2D eigenvalue weighted by Gasteiger charge is 2.11. The van der Waals surface area contributed by atoms with Gasteiger partial charge in [0, 0.05) is 38.1 Å². The van der Waals surface area contributed by atoms with Crippen LogP contribution in [0, 0.1) is 0 Å². The first-order valence-electron chi connectivity index (χ1n) is 5.95. The lowest BCUT2D eigenvalue weighted by Gasteiger charge is -2.15. The number of imidazole rings is 1. The van der Waals surface area contributed by atoms with Gasteiger partial charge in [0.2, 0.25) is 0 Å². The molecule has 1 unspecified atom stereocenters. The second-order valence-corrected chi connectivity index (χ2v) is 4.67. The van der Waals surface area contributed by atoms with Gasteiger partial charge < -0.3 is 9.88 Å². The summed E-state index contributed by atoms with van der Waals surface area (Å²) in [6, 6.07) is 4.05. The van der Waals surface area contributed by atoms with Gasteiger partial charge in [-0.15, -0.1) is 0 Å². The van der Waals surface area contributed by atoms with Crippen molar-refractivity contribution in [2.45, 2.75) is 18.9 Å². The van der Waals surface area contributed by atoms with E-state index in [1.165, 1.54) is 0 Å². The van der Waals surface area contributed by atoms with Crippen molar-refractivity contribution in [3.63, 3.8) is 0 Å². The van der Waals surface area contributed by atoms with Crippen LogP contribution in [0.3, 0.4) is 0 Å². The van der Waals surface area contributed by atoms with E-state index in [0.29, 0.717) is 5.02 Å². The summed E-state index contributed by atoms with van der Waals surface area (Å²) in [5.41, 5.74) is 1.01. The third kappa shape index (κ3) is 3.09. The normalized spacial score (nSPS) is 12.6. The van der Waals surface area contributed by atoms with Crippen molar-refractivity contribution in [2.24, 2.45) is 7.05 Å². The van der Waals surface area contributed by atoms with Crippen molar-refractivity contribution < 1.29 is 0 Å². The molecule has 0 spiro atoms. The minimum atomic E-state index is 0.221. The molecule has 18 heavy (non-hydrogen) atoms. The quantitative estimate of drug-likeness (QED) is 0.902. The van der Waals surface area contributed by atoms with Crippen molar-refractivity contribution in [1.82, 2.24) is 19.9 Å². The van der Waals surface area contributed by atoms with E-state index in [0.717, 1.165) is 24.4 Å². The fourth-order valence-corrected chi connectivity index (χ4v) is 2.06. The van der Waals surface area contributed by atoms with Gasteiger partial charge in [-0.05, 0) is 25.6 Å². The maximum atomic E-state index is 5.84. The third-order valence-corrected chi connectivity index (χ3v) is 3.26. The Morgan fingerprint density at radius 2 is 2.22 bits per heavy atom. The molecule has 0 fully saturated rings. The van der Waals surface area contributed by atoms with Crippen LogP contribution in [0.2, 0.25) is 5.02 Å². The van der Waals surface area contributed by atoms with Gasteiger partial charge in [0.05, 0.1) is 10.7 Å². The molecule has 5 heteroatoms. The van der Waals surface area contributed by atoms with Crippen LogP contribution in [-0.4, -0.2) is 21.6 Å². The molecule has 0 saturated heterocycles. The van der Waals surface area contributed by atoms with Gasteiger partial charge in [0.25, 0.3) is 0 Å². The number of aryl methyl sites for hydroxylation is 2. The number of nitrogens with zero attached hydrogens (tertiary/aromatic N) is 3. The second kappa shape index (κ2) is 5.98. The summed E-state index contributed by atoms with van der Waals surface area (Å²) in [7, 11) is 3.95. The molecule has 0 radical (unpaired) electrons. The van der Waals surface area contributed by atoms with Crippen LogP contribution in [0.15, 0.2) is 30.7 Å². The van der Waals surface area contributed by atoms with Gasteiger partial charge in [-0.2, -0.15) is 0 Å². The average molecular weight is 265 g/mol. The van der Waals surface area contributed by atoms with Crippen molar-refractivity contribution in [1.29, 1.82) is 0 Å². The van der Waals surface area contributed by atoms with Crippen molar-refractivity contribution >= 4 is 11.6 Å². The summed E-state index contributed by atoms with van der Waals surface area (Å²) in [4.78, 5) is 8.67. The Labute approximate surface area is 112 Å². The zero-order valence-corrected chi connectivity index (χ0v) is 11.4. The lowest BCUT2D eigenvalue weighted by Crippen LogP contribution is -2.18. The fraction of sp³-hybridized carbons (Fsp3) is 0.385. The van der Waals surface area contributed by atoms with Crippen LogP contribution in [0.4, 0.5) is 0 Å². The first kappa shape index (κ1) is 13.1. The van der Waals surface area contributed by atoms with Gasteiger partial charge in [-0.1, -0.05) is 11.6 Å². The Morgan fingerprint density at radius 1 is 1.39 bits per heavy atom. The van der Waals surface area contributed by atoms with Crippen LogP contribution >= 0.6 is 11.6 Å². The molecule has 0 aromatic carbocycles. The third-order valence-electron chi connectivity index (χ3n) is 3.03. The van der Waals surface area contributed by atoms with E-state index in [-0.39, 0.29) is 6.04 Å². The highest BCUT2D eigenvalue weighted by molar-refractivity contribution is 6.30. The Hall–Kier alpha value is -1.39. The van der Waals surface area contributed by atoms with Crippen molar-refractivity contribution in [3.05, 3.63) is 47.3 Å². The molecule has 1 N–H and O–H groups in total. The first-order valence-corrected chi connectivity index (χ1v) is 6.33. The maximum Gasteiger partial charge on any atom is 0.108 e. The van der Waals surface area contributed by atoms with Crippen LogP contribution in [0.25, 0.3) is 0 Å². The average Bonchev–Trinajstić information content (AvgIpc) is 2.78. The molecule has 2 aromatic heterocycles. The first-order chi connectivity index (χ1) is 8.70. The second-order valence-electron chi connectivity index (χ2n) is 4.24. The lowest BCUT2D eigenvalue weighted by atomic mass is 10.1. The fourth-order valence-electron chi connectivity index (χ4n) is 1.94. The predicted molar refractivity (Wildman–Crippen MR) is 72.6 cm³/mol. The number of aromatic nitrogens is 3. The molecule has 0 bridgehead atoms. The SMILES string of the molecule is CNC(CCc1nccn1C)c1ccc(Cl)cn1. The van der Waals surface area contributed by atoms with E-state index in [2.05, 4.69) is 15.3 Å². The van der Waals surface area contributed by atoms with E-state index < -0.39 is 0 Å². The molecule has 96 valence electrons. The number of halogens is 1. The molecule has 0 aliphatic rings.